The molecule has 0 aliphatic rings. The van der Waals surface area contributed by atoms with Crippen molar-refractivity contribution in [2.24, 2.45) is 14.1 Å². The number of fused-ring (bicyclic) bond motifs is 1. The van der Waals surface area contributed by atoms with E-state index in [9.17, 15) is 0 Å². The van der Waals surface area contributed by atoms with Gasteiger partial charge >= 0.3 is 0 Å². The van der Waals surface area contributed by atoms with Gasteiger partial charge in [-0.15, -0.1) is 10.2 Å². The second-order valence-electron chi connectivity index (χ2n) is 5.82. The van der Waals surface area contributed by atoms with Crippen molar-refractivity contribution >= 4 is 27.9 Å². The molecule has 0 spiro atoms. The van der Waals surface area contributed by atoms with Crippen LogP contribution in [0.3, 0.4) is 0 Å². The van der Waals surface area contributed by atoms with Crippen molar-refractivity contribution in [2.45, 2.75) is 19.8 Å². The van der Waals surface area contributed by atoms with Crippen LogP contribution in [0, 0.1) is 0 Å². The zero-order chi connectivity index (χ0) is 17.0. The van der Waals surface area contributed by atoms with E-state index in [1.165, 1.54) is 11.3 Å². The second kappa shape index (κ2) is 5.38. The topological polar surface area (TPSA) is 78.7 Å². The van der Waals surface area contributed by atoms with Crippen LogP contribution in [0.5, 0.6) is 0 Å². The molecule has 4 rings (SSSR count). The van der Waals surface area contributed by atoms with Crippen LogP contribution in [0.4, 0.5) is 0 Å². The van der Waals surface area contributed by atoms with Gasteiger partial charge < -0.3 is 0 Å². The van der Waals surface area contributed by atoms with Gasteiger partial charge in [-0.3, -0.25) is 9.36 Å². The molecular formula is C14H15ClN8S. The minimum atomic E-state index is 0.340. The summed E-state index contributed by atoms with van der Waals surface area (Å²) in [5.74, 6) is 1.00. The molecule has 10 heteroatoms. The summed E-state index contributed by atoms with van der Waals surface area (Å²) in [7, 11) is 3.73. The fraction of sp³-hybridized carbons (Fsp3) is 0.357. The van der Waals surface area contributed by atoms with Crippen molar-refractivity contribution in [3.05, 3.63) is 23.0 Å². The van der Waals surface area contributed by atoms with Crippen molar-refractivity contribution in [3.8, 4) is 22.2 Å². The Morgan fingerprint density at radius 3 is 2.54 bits per heavy atom. The van der Waals surface area contributed by atoms with E-state index in [-0.39, 0.29) is 0 Å². The Balaban J connectivity index is 1.87. The molecule has 0 amide bonds. The Kier molecular flexibility index (Phi) is 3.43. The van der Waals surface area contributed by atoms with Gasteiger partial charge in [-0.2, -0.15) is 19.8 Å². The highest BCUT2D eigenvalue weighted by Gasteiger charge is 2.21. The van der Waals surface area contributed by atoms with Crippen LogP contribution in [-0.2, 0) is 14.1 Å². The SMILES string of the molecule is CC(C)c1cc(-c2nnc3sc(-c4c(Cl)cnn4C)nn23)n(C)n1. The zero-order valence-corrected chi connectivity index (χ0v) is 15.2. The highest BCUT2D eigenvalue weighted by Crippen LogP contribution is 2.32. The lowest BCUT2D eigenvalue weighted by atomic mass is 10.1. The third-order valence-corrected chi connectivity index (χ3v) is 4.99. The summed E-state index contributed by atoms with van der Waals surface area (Å²) in [5.41, 5.74) is 2.65. The van der Waals surface area contributed by atoms with Gasteiger partial charge in [0.1, 0.15) is 11.4 Å². The summed E-state index contributed by atoms with van der Waals surface area (Å²) in [6.07, 6.45) is 1.61. The molecule has 0 radical (unpaired) electrons. The summed E-state index contributed by atoms with van der Waals surface area (Å²) in [6.45, 7) is 4.22. The van der Waals surface area contributed by atoms with Crippen LogP contribution >= 0.6 is 22.9 Å². The summed E-state index contributed by atoms with van der Waals surface area (Å²) >= 11 is 7.64. The van der Waals surface area contributed by atoms with Crippen LogP contribution in [-0.4, -0.2) is 39.4 Å². The van der Waals surface area contributed by atoms with Gasteiger partial charge in [0.05, 0.1) is 16.9 Å². The van der Waals surface area contributed by atoms with E-state index in [0.29, 0.717) is 21.7 Å². The first-order valence-electron chi connectivity index (χ1n) is 7.40. The average molecular weight is 363 g/mol. The van der Waals surface area contributed by atoms with E-state index in [4.69, 9.17) is 11.6 Å². The molecule has 0 aromatic carbocycles. The van der Waals surface area contributed by atoms with Crippen LogP contribution < -0.4 is 0 Å². The fourth-order valence-electron chi connectivity index (χ4n) is 2.50. The van der Waals surface area contributed by atoms with E-state index >= 15 is 0 Å². The molecule has 0 saturated carbocycles. The molecule has 0 aliphatic carbocycles. The van der Waals surface area contributed by atoms with Crippen LogP contribution in [0.15, 0.2) is 12.3 Å². The van der Waals surface area contributed by atoms with Gasteiger partial charge in [0.15, 0.2) is 5.01 Å². The number of hydrogen-bond donors (Lipinski definition) is 0. The molecule has 0 fully saturated rings. The number of halogens is 1. The van der Waals surface area contributed by atoms with Crippen molar-refractivity contribution in [1.82, 2.24) is 39.4 Å². The van der Waals surface area contributed by atoms with Gasteiger partial charge in [-0.05, 0) is 12.0 Å². The summed E-state index contributed by atoms with van der Waals surface area (Å²) < 4.78 is 5.24. The molecule has 0 unspecified atom stereocenters. The molecule has 0 saturated heterocycles. The summed E-state index contributed by atoms with van der Waals surface area (Å²) in [6, 6.07) is 2.02. The molecule has 4 aromatic heterocycles. The van der Waals surface area contributed by atoms with Crippen molar-refractivity contribution in [3.63, 3.8) is 0 Å². The Morgan fingerprint density at radius 2 is 1.92 bits per heavy atom. The first-order valence-corrected chi connectivity index (χ1v) is 8.59. The highest BCUT2D eigenvalue weighted by atomic mass is 35.5. The van der Waals surface area contributed by atoms with Crippen LogP contribution in [0.1, 0.15) is 25.5 Å². The number of rotatable bonds is 3. The van der Waals surface area contributed by atoms with Gasteiger partial charge in [-0.25, -0.2) is 0 Å². The quantitative estimate of drug-likeness (QED) is 0.560. The van der Waals surface area contributed by atoms with Crippen LogP contribution in [0.25, 0.3) is 27.2 Å². The summed E-state index contributed by atoms with van der Waals surface area (Å²) in [4.78, 5) is 0.699. The number of hydrogen-bond acceptors (Lipinski definition) is 6. The van der Waals surface area contributed by atoms with E-state index in [1.54, 1.807) is 15.4 Å². The lowest BCUT2D eigenvalue weighted by Gasteiger charge is -1.98. The Morgan fingerprint density at radius 1 is 1.12 bits per heavy atom. The molecule has 4 aromatic rings. The molecule has 124 valence electrons. The summed E-state index contributed by atoms with van der Waals surface area (Å²) in [5, 5.41) is 23.1. The third-order valence-electron chi connectivity index (χ3n) is 3.81. The van der Waals surface area contributed by atoms with E-state index in [2.05, 4.69) is 39.3 Å². The minimum Gasteiger partial charge on any atom is -0.264 e. The maximum absolute atomic E-state index is 6.22. The van der Waals surface area contributed by atoms with Gasteiger partial charge in [0, 0.05) is 14.1 Å². The first-order chi connectivity index (χ1) is 11.5. The van der Waals surface area contributed by atoms with E-state index in [1.807, 2.05) is 24.8 Å². The molecule has 0 atom stereocenters. The predicted octanol–water partition coefficient (Wildman–Crippen LogP) is 2.76. The zero-order valence-electron chi connectivity index (χ0n) is 13.6. The second-order valence-corrected chi connectivity index (χ2v) is 7.19. The minimum absolute atomic E-state index is 0.340. The molecule has 8 nitrogen and oxygen atoms in total. The number of nitrogens with zero attached hydrogens (tertiary/aromatic N) is 8. The lowest BCUT2D eigenvalue weighted by Crippen LogP contribution is -1.99. The lowest BCUT2D eigenvalue weighted by molar-refractivity contribution is 0.713. The maximum Gasteiger partial charge on any atom is 0.235 e. The van der Waals surface area contributed by atoms with Crippen molar-refractivity contribution in [1.29, 1.82) is 0 Å². The number of aromatic nitrogens is 8. The molecule has 0 aliphatic heterocycles. The van der Waals surface area contributed by atoms with E-state index in [0.717, 1.165) is 22.1 Å². The average Bonchev–Trinajstić information content (AvgIpc) is 3.23. The molecular weight excluding hydrogens is 348 g/mol. The normalized spacial score (nSPS) is 11.9. The van der Waals surface area contributed by atoms with E-state index < -0.39 is 0 Å². The van der Waals surface area contributed by atoms with Gasteiger partial charge in [-0.1, -0.05) is 36.8 Å². The van der Waals surface area contributed by atoms with Crippen molar-refractivity contribution in [2.75, 3.05) is 0 Å². The Labute approximate surface area is 146 Å². The highest BCUT2D eigenvalue weighted by molar-refractivity contribution is 7.19. The molecule has 24 heavy (non-hydrogen) atoms. The Hall–Kier alpha value is -2.26. The molecule has 0 bridgehead atoms. The monoisotopic (exact) mass is 362 g/mol. The van der Waals surface area contributed by atoms with Gasteiger partial charge in [0.2, 0.25) is 10.8 Å². The smallest absolute Gasteiger partial charge is 0.235 e. The Bertz CT molecular complexity index is 1020. The maximum atomic E-state index is 6.22. The van der Waals surface area contributed by atoms with Gasteiger partial charge in [0.25, 0.3) is 0 Å². The molecule has 0 N–H and O–H groups in total. The van der Waals surface area contributed by atoms with Crippen molar-refractivity contribution < 1.29 is 0 Å². The largest absolute Gasteiger partial charge is 0.264 e. The number of aryl methyl sites for hydroxylation is 2. The predicted molar refractivity (Wildman–Crippen MR) is 92.2 cm³/mol. The van der Waals surface area contributed by atoms with Crippen LogP contribution in [0.2, 0.25) is 5.02 Å². The third kappa shape index (κ3) is 2.23. The standard InChI is InChI=1S/C14H15ClN8S/c1-7(2)9-5-10(21(3)19-9)12-17-18-14-23(12)20-13(24-14)11-8(15)6-16-22(11)4/h5-7H,1-4H3. The fourth-order valence-corrected chi connectivity index (χ4v) is 3.75. The molecule has 4 heterocycles. The first kappa shape index (κ1) is 15.3.